The molecule has 0 radical (unpaired) electrons. The zero-order valence-corrected chi connectivity index (χ0v) is 11.7. The minimum absolute atomic E-state index is 0.0655. The lowest BCUT2D eigenvalue weighted by Crippen LogP contribution is -1.88. The minimum atomic E-state index is 0.0655. The van der Waals surface area contributed by atoms with Crippen molar-refractivity contribution in [3.63, 3.8) is 0 Å². The Morgan fingerprint density at radius 3 is 2.32 bits per heavy atom. The number of hydrogen-bond donors (Lipinski definition) is 1. The highest BCUT2D eigenvalue weighted by Gasteiger charge is 1.98. The zero-order chi connectivity index (χ0) is 15.4. The highest BCUT2D eigenvalue weighted by molar-refractivity contribution is 5.85. The van der Waals surface area contributed by atoms with Crippen LogP contribution in [-0.2, 0) is 6.61 Å². The van der Waals surface area contributed by atoms with Crippen LogP contribution in [0.25, 0.3) is 11.0 Å². The van der Waals surface area contributed by atoms with Crippen LogP contribution >= 0.6 is 0 Å². The van der Waals surface area contributed by atoms with E-state index in [2.05, 4.69) is 9.97 Å². The van der Waals surface area contributed by atoms with Crippen LogP contribution in [0.1, 0.15) is 15.9 Å². The van der Waals surface area contributed by atoms with Gasteiger partial charge in [0.1, 0.15) is 0 Å². The van der Waals surface area contributed by atoms with Crippen LogP contribution in [0, 0.1) is 0 Å². The summed E-state index contributed by atoms with van der Waals surface area (Å²) in [6, 6.07) is 7.36. The van der Waals surface area contributed by atoms with Crippen LogP contribution < -0.4 is 0 Å². The summed E-state index contributed by atoms with van der Waals surface area (Å²) in [6.07, 6.45) is 11.4. The van der Waals surface area contributed by atoms with Crippen molar-refractivity contribution < 1.29 is 9.90 Å². The molecule has 0 aromatic carbocycles. The Kier molecular flexibility index (Phi) is 3.93. The van der Waals surface area contributed by atoms with Crippen molar-refractivity contribution >= 4 is 17.3 Å². The number of aromatic nitrogens is 4. The predicted octanol–water partition coefficient (Wildman–Crippen LogP) is 1.97. The Morgan fingerprint density at radius 1 is 1.00 bits per heavy atom. The monoisotopic (exact) mass is 294 g/mol. The molecule has 0 bridgehead atoms. The van der Waals surface area contributed by atoms with Crippen molar-refractivity contribution in [1.29, 1.82) is 0 Å². The van der Waals surface area contributed by atoms with Gasteiger partial charge < -0.3 is 13.9 Å². The van der Waals surface area contributed by atoms with E-state index in [9.17, 15) is 4.79 Å². The highest BCUT2D eigenvalue weighted by atomic mass is 16.3. The third-order valence-corrected chi connectivity index (χ3v) is 3.32. The smallest absolute Gasteiger partial charge is 0.152 e. The van der Waals surface area contributed by atoms with E-state index in [1.165, 1.54) is 0 Å². The molecule has 6 heteroatoms. The summed E-state index contributed by atoms with van der Waals surface area (Å²) < 4.78 is 3.69. The first-order valence-electron chi connectivity index (χ1n) is 6.69. The Morgan fingerprint density at radius 2 is 1.64 bits per heavy atom. The first kappa shape index (κ1) is 14.0. The normalized spacial score (nSPS) is 10.4. The molecule has 22 heavy (non-hydrogen) atoms. The topological polar surface area (TPSA) is 71.9 Å². The van der Waals surface area contributed by atoms with Gasteiger partial charge in [0.05, 0.1) is 42.7 Å². The number of fused-ring (bicyclic) bond motifs is 2. The van der Waals surface area contributed by atoms with Crippen molar-refractivity contribution in [2.45, 2.75) is 6.61 Å². The number of carbonyl (C=O) groups is 1. The molecule has 4 heterocycles. The van der Waals surface area contributed by atoms with Crippen molar-refractivity contribution in [3.05, 3.63) is 72.8 Å². The third kappa shape index (κ3) is 2.59. The van der Waals surface area contributed by atoms with E-state index in [1.54, 1.807) is 31.1 Å². The second kappa shape index (κ2) is 6.19. The summed E-state index contributed by atoms with van der Waals surface area (Å²) >= 11 is 0. The van der Waals surface area contributed by atoms with Gasteiger partial charge in [0.15, 0.2) is 6.29 Å². The van der Waals surface area contributed by atoms with Crippen LogP contribution in [0.2, 0.25) is 0 Å². The maximum atomic E-state index is 10.5. The molecule has 0 aliphatic carbocycles. The second-order valence-electron chi connectivity index (χ2n) is 4.65. The lowest BCUT2D eigenvalue weighted by Gasteiger charge is -1.97. The van der Waals surface area contributed by atoms with Crippen LogP contribution in [0.4, 0.5) is 0 Å². The van der Waals surface area contributed by atoms with Gasteiger partial charge in [-0.1, -0.05) is 6.07 Å². The molecule has 110 valence electrons. The number of rotatable bonds is 2. The summed E-state index contributed by atoms with van der Waals surface area (Å²) in [6.45, 7) is 0.0655. The van der Waals surface area contributed by atoms with Crippen molar-refractivity contribution in [2.24, 2.45) is 0 Å². The Hall–Kier alpha value is -2.99. The maximum absolute atomic E-state index is 10.5. The number of hydrogen-bond acceptors (Lipinski definition) is 4. The van der Waals surface area contributed by atoms with Crippen LogP contribution in [-0.4, -0.2) is 30.2 Å². The summed E-state index contributed by atoms with van der Waals surface area (Å²) in [5.74, 6) is 0. The van der Waals surface area contributed by atoms with Crippen LogP contribution in [0.5, 0.6) is 0 Å². The molecule has 0 unspecified atom stereocenters. The van der Waals surface area contributed by atoms with Gasteiger partial charge in [0.2, 0.25) is 0 Å². The fourth-order valence-electron chi connectivity index (χ4n) is 2.21. The standard InChI is InChI=1S/C8H8N2O.C8H6N2O/c2*11-5-7-2-1-3-10-6-9-4-8(7)10/h1-4,6,11H,5H2;1-6H. The molecule has 0 spiro atoms. The number of pyridine rings is 2. The molecular formula is C16H14N4O2. The van der Waals surface area contributed by atoms with Gasteiger partial charge in [-0.05, 0) is 18.2 Å². The lowest BCUT2D eigenvalue weighted by molar-refractivity contribution is 0.112. The second-order valence-corrected chi connectivity index (χ2v) is 4.65. The zero-order valence-electron chi connectivity index (χ0n) is 11.7. The number of aliphatic hydroxyl groups excluding tert-OH is 1. The van der Waals surface area contributed by atoms with Gasteiger partial charge in [0, 0.05) is 23.5 Å². The summed E-state index contributed by atoms with van der Waals surface area (Å²) in [5, 5.41) is 8.91. The SMILES string of the molecule is O=Cc1cccn2cncc12.OCc1cccn2cncc12. The molecule has 0 aliphatic heterocycles. The van der Waals surface area contributed by atoms with Gasteiger partial charge in [0.25, 0.3) is 0 Å². The first-order valence-corrected chi connectivity index (χ1v) is 6.69. The molecule has 0 atom stereocenters. The molecule has 4 rings (SSSR count). The molecule has 0 saturated carbocycles. The molecule has 4 aromatic rings. The molecule has 0 fully saturated rings. The van der Waals surface area contributed by atoms with E-state index in [0.29, 0.717) is 5.56 Å². The lowest BCUT2D eigenvalue weighted by atomic mass is 10.2. The quantitative estimate of drug-likeness (QED) is 0.574. The summed E-state index contributed by atoms with van der Waals surface area (Å²) in [7, 11) is 0. The van der Waals surface area contributed by atoms with Gasteiger partial charge in [-0.15, -0.1) is 0 Å². The predicted molar refractivity (Wildman–Crippen MR) is 81.7 cm³/mol. The molecule has 0 amide bonds. The number of imidazole rings is 2. The molecule has 0 saturated heterocycles. The molecule has 6 nitrogen and oxygen atoms in total. The number of aldehydes is 1. The number of nitrogens with zero attached hydrogens (tertiary/aromatic N) is 4. The van der Waals surface area contributed by atoms with E-state index in [-0.39, 0.29) is 6.61 Å². The molecular weight excluding hydrogens is 280 g/mol. The fourth-order valence-corrected chi connectivity index (χ4v) is 2.21. The third-order valence-electron chi connectivity index (χ3n) is 3.32. The van der Waals surface area contributed by atoms with Gasteiger partial charge >= 0.3 is 0 Å². The average molecular weight is 294 g/mol. The fraction of sp³-hybridized carbons (Fsp3) is 0.0625. The first-order chi connectivity index (χ1) is 10.8. The highest BCUT2D eigenvalue weighted by Crippen LogP contribution is 2.09. The Labute approximate surface area is 126 Å². The average Bonchev–Trinajstić information content (AvgIpc) is 3.23. The minimum Gasteiger partial charge on any atom is -0.392 e. The van der Waals surface area contributed by atoms with E-state index in [0.717, 1.165) is 22.9 Å². The molecule has 0 aliphatic rings. The summed E-state index contributed by atoms with van der Waals surface area (Å²) in [5.41, 5.74) is 3.40. The Balaban J connectivity index is 0.000000131. The van der Waals surface area contributed by atoms with Gasteiger partial charge in [-0.2, -0.15) is 0 Å². The van der Waals surface area contributed by atoms with Crippen molar-refractivity contribution in [3.8, 4) is 0 Å². The molecule has 4 aromatic heterocycles. The van der Waals surface area contributed by atoms with Gasteiger partial charge in [-0.3, -0.25) is 4.79 Å². The van der Waals surface area contributed by atoms with Crippen molar-refractivity contribution in [2.75, 3.05) is 0 Å². The van der Waals surface area contributed by atoms with Crippen LogP contribution in [0.3, 0.4) is 0 Å². The van der Waals surface area contributed by atoms with E-state index >= 15 is 0 Å². The summed E-state index contributed by atoms with van der Waals surface area (Å²) in [4.78, 5) is 18.4. The van der Waals surface area contributed by atoms with Gasteiger partial charge in [-0.25, -0.2) is 9.97 Å². The number of carbonyl (C=O) groups excluding carboxylic acids is 1. The van der Waals surface area contributed by atoms with E-state index in [1.807, 2.05) is 39.4 Å². The van der Waals surface area contributed by atoms with E-state index in [4.69, 9.17) is 5.11 Å². The molecule has 1 N–H and O–H groups in total. The van der Waals surface area contributed by atoms with E-state index < -0.39 is 0 Å². The Bertz CT molecular complexity index is 910. The maximum Gasteiger partial charge on any atom is 0.152 e. The van der Waals surface area contributed by atoms with Crippen molar-refractivity contribution in [1.82, 2.24) is 18.8 Å². The largest absolute Gasteiger partial charge is 0.392 e. The number of aliphatic hydroxyl groups is 1. The van der Waals surface area contributed by atoms with Crippen LogP contribution in [0.15, 0.2) is 61.7 Å².